The number of β-amino-alcohol motifs (C(OH)–C–C–N with tert-alkyl or cyclic N) is 1. The summed E-state index contributed by atoms with van der Waals surface area (Å²) in [4.78, 5) is 38.9. The van der Waals surface area contributed by atoms with Crippen LogP contribution in [0, 0.1) is 6.92 Å². The van der Waals surface area contributed by atoms with Crippen molar-refractivity contribution in [3.05, 3.63) is 59.4 Å². The Kier molecular flexibility index (Phi) is 5.10. The first-order valence-electron chi connectivity index (χ1n) is 12.8. The zero-order chi connectivity index (χ0) is 25.1. The number of carbonyl (C=O) groups excluding carboxylic acids is 1. The van der Waals surface area contributed by atoms with Gasteiger partial charge >= 0.3 is 6.03 Å². The van der Waals surface area contributed by atoms with E-state index in [1.807, 2.05) is 37.4 Å². The van der Waals surface area contributed by atoms with Crippen molar-refractivity contribution < 1.29 is 9.90 Å². The standard InChI is InChI=1S/C27H28N8O2/c1-16-4-2-5-19(29-16)24-25(35-10-3-6-23(35)32-24)17-7-9-28-20(12-17)26-30-21-14-34(15-22(21)31-26)27(37)33-11-8-18(36)13-33/h2,4-5,7,9,12,18,36H,3,6,8,10-11,13-15H2,1H3,(H,30,31)/t18-/m1/s1. The second-order valence-electron chi connectivity index (χ2n) is 10.1. The second kappa shape index (κ2) is 8.52. The summed E-state index contributed by atoms with van der Waals surface area (Å²) in [5, 5.41) is 9.78. The van der Waals surface area contributed by atoms with Crippen molar-refractivity contribution in [2.45, 2.75) is 51.9 Å². The third-order valence-corrected chi connectivity index (χ3v) is 7.49. The molecule has 10 heteroatoms. The molecule has 7 rings (SSSR count). The van der Waals surface area contributed by atoms with Gasteiger partial charge in [-0.1, -0.05) is 6.07 Å². The Morgan fingerprint density at radius 1 is 1.08 bits per heavy atom. The number of rotatable bonds is 3. The lowest BCUT2D eigenvalue weighted by Gasteiger charge is -2.23. The van der Waals surface area contributed by atoms with Gasteiger partial charge in [0.05, 0.1) is 42.0 Å². The molecule has 7 heterocycles. The number of fused-ring (bicyclic) bond motifs is 2. The van der Waals surface area contributed by atoms with Gasteiger partial charge in [0.1, 0.15) is 17.2 Å². The van der Waals surface area contributed by atoms with E-state index in [2.05, 4.69) is 20.6 Å². The predicted octanol–water partition coefficient (Wildman–Crippen LogP) is 3.15. The van der Waals surface area contributed by atoms with Crippen LogP contribution >= 0.6 is 0 Å². The Hall–Kier alpha value is -4.05. The van der Waals surface area contributed by atoms with Crippen molar-refractivity contribution in [2.24, 2.45) is 0 Å². The molecule has 1 saturated heterocycles. The number of aliphatic hydroxyl groups is 1. The minimum absolute atomic E-state index is 0.0449. The largest absolute Gasteiger partial charge is 0.391 e. The number of likely N-dealkylation sites (tertiary alicyclic amines) is 1. The van der Waals surface area contributed by atoms with Crippen LogP contribution < -0.4 is 0 Å². The maximum Gasteiger partial charge on any atom is 0.320 e. The van der Waals surface area contributed by atoms with Crippen LogP contribution in [0.4, 0.5) is 4.79 Å². The van der Waals surface area contributed by atoms with E-state index in [9.17, 15) is 9.90 Å². The first kappa shape index (κ1) is 22.2. The van der Waals surface area contributed by atoms with Gasteiger partial charge in [0.15, 0.2) is 5.82 Å². The van der Waals surface area contributed by atoms with Gasteiger partial charge in [-0.3, -0.25) is 9.97 Å². The molecule has 4 aromatic rings. The highest BCUT2D eigenvalue weighted by Gasteiger charge is 2.33. The second-order valence-corrected chi connectivity index (χ2v) is 10.1. The van der Waals surface area contributed by atoms with Crippen molar-refractivity contribution in [3.63, 3.8) is 0 Å². The predicted molar refractivity (Wildman–Crippen MR) is 136 cm³/mol. The number of urea groups is 1. The third-order valence-electron chi connectivity index (χ3n) is 7.49. The Morgan fingerprint density at radius 3 is 2.81 bits per heavy atom. The minimum atomic E-state index is -0.424. The number of amides is 2. The molecule has 0 spiro atoms. The van der Waals surface area contributed by atoms with Crippen LogP contribution in [-0.2, 0) is 26.1 Å². The summed E-state index contributed by atoms with van der Waals surface area (Å²) in [5.41, 5.74) is 7.40. The van der Waals surface area contributed by atoms with Crippen LogP contribution in [0.15, 0.2) is 36.5 Å². The Morgan fingerprint density at radius 2 is 2.00 bits per heavy atom. The monoisotopic (exact) mass is 496 g/mol. The molecule has 0 aliphatic carbocycles. The van der Waals surface area contributed by atoms with Crippen LogP contribution in [0.25, 0.3) is 34.2 Å². The molecule has 3 aliphatic heterocycles. The Balaban J connectivity index is 1.19. The zero-order valence-corrected chi connectivity index (χ0v) is 20.7. The molecule has 3 aliphatic rings. The Labute approximate surface area is 214 Å². The van der Waals surface area contributed by atoms with Gasteiger partial charge in [-0.15, -0.1) is 0 Å². The number of nitrogens with zero attached hydrogens (tertiary/aromatic N) is 7. The van der Waals surface area contributed by atoms with Gasteiger partial charge in [0, 0.05) is 43.5 Å². The molecule has 2 amide bonds. The molecule has 4 aromatic heterocycles. The third kappa shape index (κ3) is 3.79. The highest BCUT2D eigenvalue weighted by atomic mass is 16.3. The van der Waals surface area contributed by atoms with E-state index in [0.29, 0.717) is 38.4 Å². The SMILES string of the molecule is Cc1cccc(-c2nc3n(c2-c2ccnc(-c4nc5c([nH]4)CN(C(=O)N4CC[C@@H](O)C4)C5)c2)CCC3)n1. The lowest BCUT2D eigenvalue weighted by molar-refractivity contribution is 0.145. The summed E-state index contributed by atoms with van der Waals surface area (Å²) in [7, 11) is 0. The summed E-state index contributed by atoms with van der Waals surface area (Å²) in [6.45, 7) is 4.86. The number of hydrogen-bond donors (Lipinski definition) is 2. The number of carbonyl (C=O) groups is 1. The number of hydrogen-bond acceptors (Lipinski definition) is 6. The molecule has 1 fully saturated rings. The fourth-order valence-electron chi connectivity index (χ4n) is 5.69. The fourth-order valence-corrected chi connectivity index (χ4v) is 5.69. The van der Waals surface area contributed by atoms with E-state index in [4.69, 9.17) is 15.0 Å². The topological polar surface area (TPSA) is 116 Å². The lowest BCUT2D eigenvalue weighted by atomic mass is 10.1. The van der Waals surface area contributed by atoms with E-state index in [0.717, 1.165) is 70.6 Å². The maximum absolute atomic E-state index is 12.8. The summed E-state index contributed by atoms with van der Waals surface area (Å²) in [5.74, 6) is 1.80. The van der Waals surface area contributed by atoms with Gasteiger partial charge in [-0.25, -0.2) is 14.8 Å². The normalized spacial score (nSPS) is 18.5. The Bertz CT molecular complexity index is 1500. The first-order valence-corrected chi connectivity index (χ1v) is 12.8. The molecule has 0 saturated carbocycles. The highest BCUT2D eigenvalue weighted by Crippen LogP contribution is 2.36. The van der Waals surface area contributed by atoms with Gasteiger partial charge in [-0.05, 0) is 44.0 Å². The minimum Gasteiger partial charge on any atom is -0.391 e. The molecule has 37 heavy (non-hydrogen) atoms. The van der Waals surface area contributed by atoms with E-state index >= 15 is 0 Å². The molecule has 188 valence electrons. The first-order chi connectivity index (χ1) is 18.0. The van der Waals surface area contributed by atoms with Crippen LogP contribution in [0.1, 0.15) is 35.7 Å². The smallest absolute Gasteiger partial charge is 0.320 e. The van der Waals surface area contributed by atoms with Crippen LogP contribution in [0.5, 0.6) is 0 Å². The summed E-state index contributed by atoms with van der Waals surface area (Å²) >= 11 is 0. The number of aromatic amines is 1. The highest BCUT2D eigenvalue weighted by molar-refractivity contribution is 5.79. The van der Waals surface area contributed by atoms with Gasteiger partial charge < -0.3 is 24.5 Å². The number of nitrogens with one attached hydrogen (secondary N) is 1. The molecule has 1 atom stereocenters. The van der Waals surface area contributed by atoms with Crippen LogP contribution in [0.3, 0.4) is 0 Å². The van der Waals surface area contributed by atoms with Crippen molar-refractivity contribution >= 4 is 6.03 Å². The number of H-pyrrole nitrogens is 1. The fraction of sp³-hybridized carbons (Fsp3) is 0.370. The van der Waals surface area contributed by atoms with Crippen molar-refractivity contribution in [2.75, 3.05) is 13.1 Å². The lowest BCUT2D eigenvalue weighted by Crippen LogP contribution is -2.39. The van der Waals surface area contributed by atoms with Gasteiger partial charge in [0.25, 0.3) is 0 Å². The number of aryl methyl sites for hydroxylation is 2. The maximum atomic E-state index is 12.8. The van der Waals surface area contributed by atoms with Crippen LogP contribution in [0.2, 0.25) is 0 Å². The van der Waals surface area contributed by atoms with Crippen LogP contribution in [-0.4, -0.2) is 69.6 Å². The average molecular weight is 497 g/mol. The van der Waals surface area contributed by atoms with E-state index in [1.54, 1.807) is 9.80 Å². The molecule has 10 nitrogen and oxygen atoms in total. The van der Waals surface area contributed by atoms with Crippen molar-refractivity contribution in [3.8, 4) is 34.2 Å². The number of aromatic nitrogens is 6. The number of aliphatic hydroxyl groups excluding tert-OH is 1. The molecule has 0 bridgehead atoms. The quantitative estimate of drug-likeness (QED) is 0.450. The van der Waals surface area contributed by atoms with Gasteiger partial charge in [-0.2, -0.15) is 0 Å². The molecule has 0 radical (unpaired) electrons. The zero-order valence-electron chi connectivity index (χ0n) is 20.7. The number of pyridine rings is 2. The molecular formula is C27H28N8O2. The summed E-state index contributed by atoms with van der Waals surface area (Å²) in [6.07, 6.45) is 4.08. The van der Waals surface area contributed by atoms with Gasteiger partial charge in [0.2, 0.25) is 0 Å². The average Bonchev–Trinajstić information content (AvgIpc) is 3.69. The summed E-state index contributed by atoms with van der Waals surface area (Å²) in [6, 6.07) is 10.1. The summed E-state index contributed by atoms with van der Waals surface area (Å²) < 4.78 is 2.30. The van der Waals surface area contributed by atoms with Crippen molar-refractivity contribution in [1.82, 2.24) is 39.3 Å². The molecule has 0 aromatic carbocycles. The van der Waals surface area contributed by atoms with E-state index < -0.39 is 6.10 Å². The molecule has 0 unspecified atom stereocenters. The molecular weight excluding hydrogens is 468 g/mol. The number of imidazole rings is 2. The van der Waals surface area contributed by atoms with E-state index in [1.165, 1.54) is 0 Å². The molecule has 2 N–H and O–H groups in total. The van der Waals surface area contributed by atoms with Crippen molar-refractivity contribution in [1.29, 1.82) is 0 Å². The van der Waals surface area contributed by atoms with E-state index in [-0.39, 0.29) is 6.03 Å².